The first-order valence-electron chi connectivity index (χ1n) is 6.23. The van der Waals surface area contributed by atoms with Gasteiger partial charge in [-0.1, -0.05) is 12.8 Å². The predicted octanol–water partition coefficient (Wildman–Crippen LogP) is 1.33. The quantitative estimate of drug-likeness (QED) is 0.613. The van der Waals surface area contributed by atoms with Gasteiger partial charge in [0.1, 0.15) is 0 Å². The summed E-state index contributed by atoms with van der Waals surface area (Å²) in [6, 6.07) is 0.567. The molecule has 0 amide bonds. The molecule has 1 fully saturated rings. The topological polar surface area (TPSA) is 68.2 Å². The van der Waals surface area contributed by atoms with Gasteiger partial charge in [-0.3, -0.25) is 9.67 Å². The molecule has 0 radical (unpaired) electrons. The summed E-state index contributed by atoms with van der Waals surface area (Å²) in [4.78, 5) is 4.50. The van der Waals surface area contributed by atoms with E-state index < -0.39 is 0 Å². The van der Waals surface area contributed by atoms with Crippen LogP contribution in [0.5, 0.6) is 0 Å². The van der Waals surface area contributed by atoms with E-state index in [9.17, 15) is 0 Å². The Labute approximate surface area is 102 Å². The van der Waals surface area contributed by atoms with Crippen LogP contribution in [0, 0.1) is 0 Å². The molecule has 1 aromatic rings. The number of aromatic nitrogens is 2. The number of rotatable bonds is 3. The van der Waals surface area contributed by atoms with Crippen molar-refractivity contribution in [2.75, 3.05) is 0 Å². The fraction of sp³-hybridized carbons (Fsp3) is 0.667. The minimum Gasteiger partial charge on any atom is -0.370 e. The van der Waals surface area contributed by atoms with E-state index in [4.69, 9.17) is 5.73 Å². The highest BCUT2D eigenvalue weighted by Crippen LogP contribution is 2.20. The van der Waals surface area contributed by atoms with Crippen LogP contribution in [0.3, 0.4) is 0 Å². The summed E-state index contributed by atoms with van der Waals surface area (Å²) in [6.07, 6.45) is 8.73. The molecule has 1 aromatic heterocycles. The van der Waals surface area contributed by atoms with Crippen LogP contribution in [0.25, 0.3) is 0 Å². The van der Waals surface area contributed by atoms with Crippen molar-refractivity contribution in [2.24, 2.45) is 17.8 Å². The van der Waals surface area contributed by atoms with Crippen molar-refractivity contribution in [1.29, 1.82) is 0 Å². The van der Waals surface area contributed by atoms with Crippen LogP contribution in [-0.2, 0) is 7.05 Å². The molecule has 2 rings (SSSR count). The molecule has 1 saturated carbocycles. The van der Waals surface area contributed by atoms with E-state index in [0.717, 1.165) is 5.56 Å². The van der Waals surface area contributed by atoms with Crippen molar-refractivity contribution in [3.63, 3.8) is 0 Å². The Bertz CT molecular complexity index is 389. The highest BCUT2D eigenvalue weighted by atomic mass is 15.2. The highest BCUT2D eigenvalue weighted by Gasteiger charge is 2.15. The molecule has 17 heavy (non-hydrogen) atoms. The van der Waals surface area contributed by atoms with E-state index in [-0.39, 0.29) is 6.04 Å². The van der Waals surface area contributed by atoms with Gasteiger partial charge in [-0.25, -0.2) is 0 Å². The molecule has 0 saturated heterocycles. The molecule has 1 aliphatic rings. The summed E-state index contributed by atoms with van der Waals surface area (Å²) in [5, 5.41) is 7.36. The van der Waals surface area contributed by atoms with Gasteiger partial charge in [-0.2, -0.15) is 5.10 Å². The van der Waals surface area contributed by atoms with E-state index in [0.29, 0.717) is 12.0 Å². The second-order valence-corrected chi connectivity index (χ2v) is 4.77. The Balaban J connectivity index is 1.91. The lowest BCUT2D eigenvalue weighted by molar-refractivity contribution is 0.668. The Morgan fingerprint density at radius 2 is 2.29 bits per heavy atom. The molecule has 0 aromatic carbocycles. The zero-order chi connectivity index (χ0) is 12.3. The molecule has 94 valence electrons. The number of aliphatic imine (C=N–C) groups is 1. The van der Waals surface area contributed by atoms with E-state index in [1.54, 1.807) is 4.68 Å². The lowest BCUT2D eigenvalue weighted by atomic mass is 10.2. The third kappa shape index (κ3) is 3.22. The molecule has 0 spiro atoms. The Hall–Kier alpha value is -1.52. The van der Waals surface area contributed by atoms with Crippen LogP contribution >= 0.6 is 0 Å². The van der Waals surface area contributed by atoms with Crippen LogP contribution in [0.1, 0.15) is 44.2 Å². The average molecular weight is 235 g/mol. The van der Waals surface area contributed by atoms with Gasteiger partial charge in [0.15, 0.2) is 5.96 Å². The third-order valence-corrected chi connectivity index (χ3v) is 3.24. The van der Waals surface area contributed by atoms with Crippen molar-refractivity contribution < 1.29 is 0 Å². The van der Waals surface area contributed by atoms with Gasteiger partial charge >= 0.3 is 0 Å². The second-order valence-electron chi connectivity index (χ2n) is 4.77. The maximum absolute atomic E-state index is 5.91. The normalized spacial score (nSPS) is 19.5. The van der Waals surface area contributed by atoms with Crippen LogP contribution in [0.15, 0.2) is 17.4 Å². The monoisotopic (exact) mass is 235 g/mol. The van der Waals surface area contributed by atoms with Crippen LogP contribution in [-0.4, -0.2) is 21.8 Å². The molecule has 1 atom stereocenters. The van der Waals surface area contributed by atoms with Crippen LogP contribution in [0.4, 0.5) is 0 Å². The van der Waals surface area contributed by atoms with E-state index in [1.807, 2.05) is 19.4 Å². The number of nitrogens with two attached hydrogens (primary N) is 1. The number of nitrogens with one attached hydrogen (secondary N) is 1. The third-order valence-electron chi connectivity index (χ3n) is 3.24. The molecule has 5 heteroatoms. The van der Waals surface area contributed by atoms with Crippen molar-refractivity contribution in [3.8, 4) is 0 Å². The summed E-state index contributed by atoms with van der Waals surface area (Å²) >= 11 is 0. The largest absolute Gasteiger partial charge is 0.370 e. The number of guanidine groups is 1. The minimum atomic E-state index is 0.147. The van der Waals surface area contributed by atoms with Gasteiger partial charge in [0, 0.05) is 18.8 Å². The first-order chi connectivity index (χ1) is 8.15. The van der Waals surface area contributed by atoms with Gasteiger partial charge in [0.2, 0.25) is 0 Å². The zero-order valence-corrected chi connectivity index (χ0v) is 10.6. The molecule has 0 bridgehead atoms. The van der Waals surface area contributed by atoms with Gasteiger partial charge in [-0.05, 0) is 19.8 Å². The SMILES string of the molecule is CC(NC(N)=NC1CCCC1)c1cnn(C)c1. The molecule has 1 aliphatic carbocycles. The maximum atomic E-state index is 5.91. The van der Waals surface area contributed by atoms with Gasteiger partial charge in [-0.15, -0.1) is 0 Å². The summed E-state index contributed by atoms with van der Waals surface area (Å²) in [6.45, 7) is 2.06. The molecule has 1 heterocycles. The molecule has 0 aliphatic heterocycles. The van der Waals surface area contributed by atoms with E-state index >= 15 is 0 Å². The summed E-state index contributed by atoms with van der Waals surface area (Å²) < 4.78 is 1.79. The molecule has 1 unspecified atom stereocenters. The maximum Gasteiger partial charge on any atom is 0.189 e. The lowest BCUT2D eigenvalue weighted by Crippen LogP contribution is -2.34. The van der Waals surface area contributed by atoms with E-state index in [2.05, 4.69) is 22.3 Å². The lowest BCUT2D eigenvalue weighted by Gasteiger charge is -2.14. The number of hydrogen-bond donors (Lipinski definition) is 2. The average Bonchev–Trinajstić information content (AvgIpc) is 2.89. The predicted molar refractivity (Wildman–Crippen MR) is 68.6 cm³/mol. The molecular formula is C12H21N5. The van der Waals surface area contributed by atoms with Crippen LogP contribution < -0.4 is 11.1 Å². The Morgan fingerprint density at radius 1 is 1.59 bits per heavy atom. The fourth-order valence-electron chi connectivity index (χ4n) is 2.24. The standard InChI is InChI=1S/C12H21N5/c1-9(10-7-14-17(2)8-10)15-12(13)16-11-5-3-4-6-11/h7-9,11H,3-6H2,1-2H3,(H3,13,15,16). The van der Waals surface area contributed by atoms with Crippen molar-refractivity contribution in [2.45, 2.75) is 44.7 Å². The summed E-state index contributed by atoms with van der Waals surface area (Å²) in [7, 11) is 1.91. The van der Waals surface area contributed by atoms with Crippen molar-refractivity contribution in [3.05, 3.63) is 18.0 Å². The van der Waals surface area contributed by atoms with Crippen molar-refractivity contribution in [1.82, 2.24) is 15.1 Å². The number of aryl methyl sites for hydroxylation is 1. The van der Waals surface area contributed by atoms with Crippen LogP contribution in [0.2, 0.25) is 0 Å². The molecular weight excluding hydrogens is 214 g/mol. The van der Waals surface area contributed by atoms with Gasteiger partial charge in [0.05, 0.1) is 18.3 Å². The first-order valence-corrected chi connectivity index (χ1v) is 6.23. The minimum absolute atomic E-state index is 0.147. The van der Waals surface area contributed by atoms with Crippen molar-refractivity contribution >= 4 is 5.96 Å². The number of hydrogen-bond acceptors (Lipinski definition) is 2. The molecule has 5 nitrogen and oxygen atoms in total. The van der Waals surface area contributed by atoms with Gasteiger partial charge in [0.25, 0.3) is 0 Å². The first kappa shape index (κ1) is 12.0. The number of nitrogens with zero attached hydrogens (tertiary/aromatic N) is 3. The van der Waals surface area contributed by atoms with E-state index in [1.165, 1.54) is 25.7 Å². The Kier molecular flexibility index (Phi) is 3.66. The summed E-state index contributed by atoms with van der Waals surface area (Å²) in [5.74, 6) is 0.549. The molecule has 3 N–H and O–H groups in total. The Morgan fingerprint density at radius 3 is 2.88 bits per heavy atom. The zero-order valence-electron chi connectivity index (χ0n) is 10.6. The highest BCUT2D eigenvalue weighted by molar-refractivity contribution is 5.78. The van der Waals surface area contributed by atoms with Gasteiger partial charge < -0.3 is 11.1 Å². The smallest absolute Gasteiger partial charge is 0.189 e. The fourth-order valence-corrected chi connectivity index (χ4v) is 2.24. The summed E-state index contributed by atoms with van der Waals surface area (Å²) in [5.41, 5.74) is 7.03. The second kappa shape index (κ2) is 5.21.